The fraction of sp³-hybridized carbons (Fsp3) is 0.923. The number of rotatable bonds is 8. The lowest BCUT2D eigenvalue weighted by Gasteiger charge is -2.19. The summed E-state index contributed by atoms with van der Waals surface area (Å²) in [6, 6.07) is 0. The third-order valence-electron chi connectivity index (χ3n) is 2.72. The fourth-order valence-corrected chi connectivity index (χ4v) is 2.27. The van der Waals surface area contributed by atoms with Gasteiger partial charge in [-0.2, -0.15) is 0 Å². The van der Waals surface area contributed by atoms with Crippen LogP contribution in [0.15, 0.2) is 0 Å². The van der Waals surface area contributed by atoms with E-state index < -0.39 is 14.6 Å². The zero-order valence-electron chi connectivity index (χ0n) is 12.7. The SMILES string of the molecule is CC(C)CNC(=O)CCNCCS(=O)(=O)C(C)(C)C. The third-order valence-corrected chi connectivity index (χ3v) is 5.32. The van der Waals surface area contributed by atoms with Gasteiger partial charge in [0.15, 0.2) is 9.84 Å². The van der Waals surface area contributed by atoms with Crippen LogP contribution >= 0.6 is 0 Å². The Morgan fingerprint density at radius 1 is 1.16 bits per heavy atom. The van der Waals surface area contributed by atoms with Crippen LogP contribution in [0.2, 0.25) is 0 Å². The van der Waals surface area contributed by atoms with Gasteiger partial charge in [0.1, 0.15) is 0 Å². The van der Waals surface area contributed by atoms with Crippen LogP contribution in [0.4, 0.5) is 0 Å². The van der Waals surface area contributed by atoms with Crippen LogP contribution in [-0.4, -0.2) is 44.5 Å². The summed E-state index contributed by atoms with van der Waals surface area (Å²) >= 11 is 0. The highest BCUT2D eigenvalue weighted by Gasteiger charge is 2.27. The minimum absolute atomic E-state index is 0.000112. The first-order chi connectivity index (χ1) is 8.56. The lowest BCUT2D eigenvalue weighted by atomic mass is 10.2. The first-order valence-electron chi connectivity index (χ1n) is 6.76. The molecule has 0 heterocycles. The van der Waals surface area contributed by atoms with Crippen LogP contribution in [0, 0.1) is 5.92 Å². The van der Waals surface area contributed by atoms with E-state index in [2.05, 4.69) is 10.6 Å². The van der Waals surface area contributed by atoms with Crippen molar-refractivity contribution in [2.45, 2.75) is 45.8 Å². The summed E-state index contributed by atoms with van der Waals surface area (Å²) in [7, 11) is -3.08. The smallest absolute Gasteiger partial charge is 0.221 e. The molecule has 0 radical (unpaired) electrons. The second-order valence-electron chi connectivity index (χ2n) is 6.13. The minimum atomic E-state index is -3.08. The molecule has 0 fully saturated rings. The maximum absolute atomic E-state index is 11.8. The second kappa shape index (κ2) is 7.85. The number of nitrogens with one attached hydrogen (secondary N) is 2. The molecule has 19 heavy (non-hydrogen) atoms. The van der Waals surface area contributed by atoms with Gasteiger partial charge in [-0.15, -0.1) is 0 Å². The highest BCUT2D eigenvalue weighted by atomic mass is 32.2. The van der Waals surface area contributed by atoms with Gasteiger partial charge in [-0.05, 0) is 26.7 Å². The van der Waals surface area contributed by atoms with Crippen LogP contribution < -0.4 is 10.6 Å². The van der Waals surface area contributed by atoms with E-state index >= 15 is 0 Å². The molecule has 0 bridgehead atoms. The summed E-state index contributed by atoms with van der Waals surface area (Å²) in [6.07, 6.45) is 0.377. The van der Waals surface area contributed by atoms with Crippen molar-refractivity contribution >= 4 is 15.7 Å². The highest BCUT2D eigenvalue weighted by molar-refractivity contribution is 7.92. The molecular formula is C13H28N2O3S. The summed E-state index contributed by atoms with van der Waals surface area (Å²) in [5.41, 5.74) is 0. The number of carbonyl (C=O) groups is 1. The van der Waals surface area contributed by atoms with Gasteiger partial charge in [-0.25, -0.2) is 8.42 Å². The summed E-state index contributed by atoms with van der Waals surface area (Å²) in [5.74, 6) is 0.540. The molecular weight excluding hydrogens is 264 g/mol. The largest absolute Gasteiger partial charge is 0.356 e. The lowest BCUT2D eigenvalue weighted by molar-refractivity contribution is -0.121. The normalized spacial score (nSPS) is 12.7. The number of carbonyl (C=O) groups excluding carboxylic acids is 1. The average molecular weight is 292 g/mol. The van der Waals surface area contributed by atoms with Gasteiger partial charge < -0.3 is 10.6 Å². The molecule has 0 aromatic carbocycles. The predicted molar refractivity (Wildman–Crippen MR) is 78.9 cm³/mol. The summed E-state index contributed by atoms with van der Waals surface area (Å²) in [6.45, 7) is 10.7. The molecule has 0 saturated carbocycles. The van der Waals surface area contributed by atoms with Crippen molar-refractivity contribution in [2.75, 3.05) is 25.4 Å². The molecule has 1 amide bonds. The van der Waals surface area contributed by atoms with Crippen molar-refractivity contribution in [1.29, 1.82) is 0 Å². The minimum Gasteiger partial charge on any atom is -0.356 e. The first-order valence-corrected chi connectivity index (χ1v) is 8.41. The number of sulfone groups is 1. The molecule has 0 aromatic rings. The van der Waals surface area contributed by atoms with E-state index in [1.54, 1.807) is 20.8 Å². The summed E-state index contributed by atoms with van der Waals surface area (Å²) < 4.78 is 22.9. The van der Waals surface area contributed by atoms with Crippen LogP contribution in [0.3, 0.4) is 0 Å². The van der Waals surface area contributed by atoms with Gasteiger partial charge in [0.25, 0.3) is 0 Å². The number of amides is 1. The lowest BCUT2D eigenvalue weighted by Crippen LogP contribution is -2.36. The zero-order chi connectivity index (χ0) is 15.1. The second-order valence-corrected chi connectivity index (χ2v) is 8.99. The van der Waals surface area contributed by atoms with Crippen molar-refractivity contribution < 1.29 is 13.2 Å². The van der Waals surface area contributed by atoms with Gasteiger partial charge in [0.2, 0.25) is 5.91 Å². The van der Waals surface area contributed by atoms with E-state index in [0.717, 1.165) is 0 Å². The summed E-state index contributed by atoms with van der Waals surface area (Å²) in [5, 5.41) is 5.81. The molecule has 0 unspecified atom stereocenters. The van der Waals surface area contributed by atoms with Crippen molar-refractivity contribution in [2.24, 2.45) is 5.92 Å². The van der Waals surface area contributed by atoms with Crippen molar-refractivity contribution in [1.82, 2.24) is 10.6 Å². The molecule has 0 saturated heterocycles. The van der Waals surface area contributed by atoms with E-state index in [0.29, 0.717) is 32.0 Å². The number of hydrogen-bond acceptors (Lipinski definition) is 4. The van der Waals surface area contributed by atoms with E-state index in [-0.39, 0.29) is 11.7 Å². The Labute approximate surface area is 117 Å². The molecule has 2 N–H and O–H groups in total. The molecule has 0 aliphatic carbocycles. The van der Waals surface area contributed by atoms with Crippen molar-refractivity contribution in [3.8, 4) is 0 Å². The van der Waals surface area contributed by atoms with E-state index in [1.165, 1.54) is 0 Å². The topological polar surface area (TPSA) is 75.3 Å². The quantitative estimate of drug-likeness (QED) is 0.653. The van der Waals surface area contributed by atoms with Crippen LogP contribution in [0.25, 0.3) is 0 Å². The average Bonchev–Trinajstić information content (AvgIpc) is 2.24. The first kappa shape index (κ1) is 18.4. The number of hydrogen-bond donors (Lipinski definition) is 2. The van der Waals surface area contributed by atoms with Crippen LogP contribution in [0.5, 0.6) is 0 Å². The van der Waals surface area contributed by atoms with Crippen LogP contribution in [-0.2, 0) is 14.6 Å². The molecule has 0 aliphatic heterocycles. The van der Waals surface area contributed by atoms with E-state index in [9.17, 15) is 13.2 Å². The molecule has 0 rings (SSSR count). The van der Waals surface area contributed by atoms with Gasteiger partial charge >= 0.3 is 0 Å². The Morgan fingerprint density at radius 3 is 2.21 bits per heavy atom. The van der Waals surface area contributed by atoms with Crippen LogP contribution in [0.1, 0.15) is 41.0 Å². The standard InChI is InChI=1S/C13H28N2O3S/c1-11(2)10-15-12(16)6-7-14-8-9-19(17,18)13(3,4)5/h11,14H,6-10H2,1-5H3,(H,15,16). The molecule has 0 atom stereocenters. The van der Waals surface area contributed by atoms with Crippen molar-refractivity contribution in [3.05, 3.63) is 0 Å². The van der Waals surface area contributed by atoms with E-state index in [4.69, 9.17) is 0 Å². The summed E-state index contributed by atoms with van der Waals surface area (Å²) in [4.78, 5) is 11.4. The molecule has 114 valence electrons. The Balaban J connectivity index is 3.75. The Morgan fingerprint density at radius 2 is 1.74 bits per heavy atom. The third kappa shape index (κ3) is 8.21. The molecule has 0 aliphatic rings. The van der Waals surface area contributed by atoms with E-state index in [1.807, 2.05) is 13.8 Å². The Bertz CT molecular complexity index is 370. The van der Waals surface area contributed by atoms with Gasteiger partial charge in [0.05, 0.1) is 10.5 Å². The predicted octanol–water partition coefficient (Wildman–Crippen LogP) is 0.952. The monoisotopic (exact) mass is 292 g/mol. The van der Waals surface area contributed by atoms with Gasteiger partial charge in [-0.3, -0.25) is 4.79 Å². The molecule has 0 aromatic heterocycles. The molecule has 6 heteroatoms. The maximum Gasteiger partial charge on any atom is 0.221 e. The Hall–Kier alpha value is -0.620. The Kier molecular flexibility index (Phi) is 7.59. The zero-order valence-corrected chi connectivity index (χ0v) is 13.6. The fourth-order valence-electron chi connectivity index (χ4n) is 1.25. The van der Waals surface area contributed by atoms with Gasteiger partial charge in [0, 0.05) is 26.1 Å². The van der Waals surface area contributed by atoms with Crippen molar-refractivity contribution in [3.63, 3.8) is 0 Å². The van der Waals surface area contributed by atoms with Gasteiger partial charge in [-0.1, -0.05) is 13.8 Å². The highest BCUT2D eigenvalue weighted by Crippen LogP contribution is 2.15. The molecule has 5 nitrogen and oxygen atoms in total. The maximum atomic E-state index is 11.8. The molecule has 0 spiro atoms.